The van der Waals surface area contributed by atoms with Gasteiger partial charge in [-0.15, -0.1) is 0 Å². The van der Waals surface area contributed by atoms with Crippen molar-refractivity contribution in [2.24, 2.45) is 5.41 Å². The number of carbonyl (C=O) groups excluding carboxylic acids is 1. The molecule has 2 aromatic rings. The van der Waals surface area contributed by atoms with Gasteiger partial charge in [0.1, 0.15) is 23.1 Å². The summed E-state index contributed by atoms with van der Waals surface area (Å²) in [6, 6.07) is 7.50. The van der Waals surface area contributed by atoms with Crippen molar-refractivity contribution in [1.82, 2.24) is 0 Å². The normalized spacial score (nSPS) is 16.4. The summed E-state index contributed by atoms with van der Waals surface area (Å²) in [6.45, 7) is 3.55. The van der Waals surface area contributed by atoms with E-state index in [1.807, 2.05) is 0 Å². The Hall–Kier alpha value is -3.55. The van der Waals surface area contributed by atoms with Crippen molar-refractivity contribution in [2.75, 3.05) is 16.2 Å². The van der Waals surface area contributed by atoms with Crippen molar-refractivity contribution in [3.05, 3.63) is 48.3 Å². The summed E-state index contributed by atoms with van der Waals surface area (Å²) in [5.41, 5.74) is -4.60. The van der Waals surface area contributed by atoms with Gasteiger partial charge < -0.3 is 14.6 Å². The fraction of sp³-hybridized carbons (Fsp3) is 0.391. The van der Waals surface area contributed by atoms with E-state index in [0.717, 1.165) is 34.6 Å². The van der Waals surface area contributed by atoms with E-state index >= 15 is 0 Å². The molecule has 0 bridgehead atoms. The molecule has 1 amide bonds. The minimum atomic E-state index is -4.85. The lowest BCUT2D eigenvalue weighted by Crippen LogP contribution is -2.52. The maximum atomic E-state index is 13.5. The summed E-state index contributed by atoms with van der Waals surface area (Å²) >= 11 is 0. The van der Waals surface area contributed by atoms with Gasteiger partial charge in [-0.25, -0.2) is 17.6 Å². The van der Waals surface area contributed by atoms with E-state index in [9.17, 15) is 40.7 Å². The van der Waals surface area contributed by atoms with Gasteiger partial charge in [-0.1, -0.05) is 0 Å². The molecule has 202 valence electrons. The first-order valence-electron chi connectivity index (χ1n) is 10.8. The summed E-state index contributed by atoms with van der Waals surface area (Å²) < 4.78 is 90.7. The van der Waals surface area contributed by atoms with Crippen molar-refractivity contribution in [3.8, 4) is 5.75 Å². The van der Waals surface area contributed by atoms with Gasteiger partial charge in [0.15, 0.2) is 0 Å². The second-order valence-corrected chi connectivity index (χ2v) is 11.2. The molecule has 1 aliphatic rings. The molecule has 0 saturated carbocycles. The van der Waals surface area contributed by atoms with Crippen molar-refractivity contribution in [2.45, 2.75) is 50.5 Å². The van der Waals surface area contributed by atoms with Gasteiger partial charge in [0, 0.05) is 5.69 Å². The van der Waals surface area contributed by atoms with E-state index in [0.29, 0.717) is 13.8 Å². The van der Waals surface area contributed by atoms with Gasteiger partial charge in [0.25, 0.3) is 10.0 Å². The quantitative estimate of drug-likeness (QED) is 0.498. The number of hydrogen-bond acceptors (Lipinski definition) is 6. The van der Waals surface area contributed by atoms with Crippen LogP contribution in [0.25, 0.3) is 0 Å². The van der Waals surface area contributed by atoms with Crippen LogP contribution < -0.4 is 14.4 Å². The molecule has 14 heteroatoms. The number of alkyl halides is 3. The number of nitrogens with zero attached hydrogens (tertiary/aromatic N) is 1. The zero-order chi connectivity index (χ0) is 28.0. The molecule has 1 atom stereocenters. The van der Waals surface area contributed by atoms with Gasteiger partial charge >= 0.3 is 18.2 Å². The lowest BCUT2D eigenvalue weighted by molar-refractivity contribution is -0.242. The lowest BCUT2D eigenvalue weighted by Gasteiger charge is -2.40. The number of hydrogen-bond donors (Lipinski definition) is 2. The van der Waals surface area contributed by atoms with E-state index < -0.39 is 57.7 Å². The predicted molar refractivity (Wildman–Crippen MR) is 123 cm³/mol. The van der Waals surface area contributed by atoms with Crippen LogP contribution in [0.1, 0.15) is 27.7 Å². The number of anilines is 2. The van der Waals surface area contributed by atoms with Gasteiger partial charge in [-0.05, 0) is 70.2 Å². The highest BCUT2D eigenvalue weighted by Gasteiger charge is 2.51. The lowest BCUT2D eigenvalue weighted by atomic mass is 9.85. The molecule has 0 radical (unpaired) electrons. The Morgan fingerprint density at radius 2 is 1.68 bits per heavy atom. The number of carbonyl (C=O) groups is 2. The van der Waals surface area contributed by atoms with Gasteiger partial charge in [-0.3, -0.25) is 14.4 Å². The van der Waals surface area contributed by atoms with Crippen molar-refractivity contribution in [3.63, 3.8) is 0 Å². The molecule has 3 rings (SSSR count). The van der Waals surface area contributed by atoms with E-state index in [-0.39, 0.29) is 22.0 Å². The molecule has 0 spiro atoms. The number of amides is 1. The Bertz CT molecular complexity index is 1310. The van der Waals surface area contributed by atoms with Crippen LogP contribution in [0.5, 0.6) is 5.75 Å². The van der Waals surface area contributed by atoms with Crippen LogP contribution in [0.2, 0.25) is 0 Å². The number of benzene rings is 2. The zero-order valence-corrected chi connectivity index (χ0v) is 20.9. The third-order valence-corrected chi connectivity index (χ3v) is 7.66. The molecule has 0 fully saturated rings. The average Bonchev–Trinajstić information content (AvgIpc) is 2.77. The van der Waals surface area contributed by atoms with E-state index in [1.54, 1.807) is 0 Å². The molecule has 0 unspecified atom stereocenters. The molecule has 0 aliphatic carbocycles. The summed E-state index contributed by atoms with van der Waals surface area (Å²) in [5.74, 6) is -2.00. The van der Waals surface area contributed by atoms with E-state index in [4.69, 9.17) is 4.74 Å². The first-order valence-corrected chi connectivity index (χ1v) is 12.2. The molecular formula is C23H24F4N2O7S. The van der Waals surface area contributed by atoms with Crippen LogP contribution >= 0.6 is 0 Å². The van der Waals surface area contributed by atoms with Crippen molar-refractivity contribution >= 4 is 33.5 Å². The monoisotopic (exact) mass is 548 g/mol. The predicted octanol–water partition coefficient (Wildman–Crippen LogP) is 4.78. The Balaban J connectivity index is 2.03. The number of fused-ring (bicyclic) bond motifs is 1. The standard InChI is InChI=1S/C23H24F4N2O7S/c1-21(2,19(30)31)18-12-29(37(33,34)15-8-5-13(24)6-9-15)16-11-14(7-10-17(16)35-18)28-20(32)36-22(3,4)23(25,26)27/h5-11,18H,12H2,1-4H3,(H,28,32)(H,30,31)/t18-/m0/s1. The molecule has 9 nitrogen and oxygen atoms in total. The summed E-state index contributed by atoms with van der Waals surface area (Å²) in [5, 5.41) is 11.8. The van der Waals surface area contributed by atoms with Crippen LogP contribution in [0, 0.1) is 11.2 Å². The maximum Gasteiger partial charge on any atom is 0.427 e. The maximum absolute atomic E-state index is 13.5. The molecule has 1 heterocycles. The largest absolute Gasteiger partial charge is 0.485 e. The Kier molecular flexibility index (Phi) is 7.12. The third kappa shape index (κ3) is 5.58. The van der Waals surface area contributed by atoms with Crippen LogP contribution in [0.4, 0.5) is 33.7 Å². The van der Waals surface area contributed by atoms with Crippen molar-refractivity contribution in [1.29, 1.82) is 0 Å². The highest BCUT2D eigenvalue weighted by molar-refractivity contribution is 7.92. The Labute approximate surface area is 210 Å². The molecule has 37 heavy (non-hydrogen) atoms. The van der Waals surface area contributed by atoms with Gasteiger partial charge in [-0.2, -0.15) is 13.2 Å². The number of ether oxygens (including phenoxy) is 2. The summed E-state index contributed by atoms with van der Waals surface area (Å²) in [4.78, 5) is 23.7. The zero-order valence-electron chi connectivity index (χ0n) is 20.1. The fourth-order valence-corrected chi connectivity index (χ4v) is 4.70. The number of carboxylic acids is 1. The molecule has 0 saturated heterocycles. The van der Waals surface area contributed by atoms with Gasteiger partial charge in [0.05, 0.1) is 17.1 Å². The highest BCUT2D eigenvalue weighted by atomic mass is 32.2. The smallest absolute Gasteiger partial charge is 0.427 e. The van der Waals surface area contributed by atoms with Crippen molar-refractivity contribution < 1.29 is 50.1 Å². The molecule has 0 aromatic heterocycles. The van der Waals surface area contributed by atoms with E-state index in [1.165, 1.54) is 26.0 Å². The minimum Gasteiger partial charge on any atom is -0.485 e. The topological polar surface area (TPSA) is 122 Å². The second kappa shape index (κ2) is 9.39. The number of rotatable bonds is 6. The number of halogens is 4. The molecule has 2 aromatic carbocycles. The Morgan fingerprint density at radius 3 is 2.22 bits per heavy atom. The second-order valence-electron chi connectivity index (χ2n) is 9.33. The van der Waals surface area contributed by atoms with Gasteiger partial charge in [0.2, 0.25) is 5.60 Å². The number of carboxylic acid groups (broad SMARTS) is 1. The fourth-order valence-electron chi connectivity index (χ4n) is 3.24. The van der Waals surface area contributed by atoms with Crippen LogP contribution in [-0.2, 0) is 19.6 Å². The Morgan fingerprint density at radius 1 is 1.08 bits per heavy atom. The average molecular weight is 549 g/mol. The first-order chi connectivity index (χ1) is 16.9. The molecule has 1 aliphatic heterocycles. The number of sulfonamides is 1. The van der Waals surface area contributed by atoms with Crippen LogP contribution in [0.15, 0.2) is 47.4 Å². The van der Waals surface area contributed by atoms with E-state index in [2.05, 4.69) is 10.1 Å². The first kappa shape index (κ1) is 28.0. The summed E-state index contributed by atoms with van der Waals surface area (Å²) in [6.07, 6.45) is -7.46. The summed E-state index contributed by atoms with van der Waals surface area (Å²) in [7, 11) is -4.40. The highest BCUT2D eigenvalue weighted by Crippen LogP contribution is 2.42. The number of nitrogens with one attached hydrogen (secondary N) is 1. The SMILES string of the molecule is CC(C)(C(=O)O)[C@@H]1CN(S(=O)(=O)c2ccc(F)cc2)c2cc(NC(=O)OC(C)(C)C(F)(F)F)ccc2O1. The van der Waals surface area contributed by atoms with Crippen LogP contribution in [-0.4, -0.2) is 50.0 Å². The minimum absolute atomic E-state index is 0.0641. The molecular weight excluding hydrogens is 524 g/mol. The number of aliphatic carboxylic acids is 1. The van der Waals surface area contributed by atoms with Crippen LogP contribution in [0.3, 0.4) is 0 Å². The third-order valence-electron chi connectivity index (χ3n) is 5.86. The molecule has 2 N–H and O–H groups in total.